The number of nitrogens with one attached hydrogen (secondary N) is 1. The first kappa shape index (κ1) is 16.4. The Morgan fingerprint density at radius 1 is 1.30 bits per heavy atom. The van der Waals surface area contributed by atoms with Crippen LogP contribution in [0.4, 0.5) is 14.5 Å². The summed E-state index contributed by atoms with van der Waals surface area (Å²) in [5, 5.41) is 2.77. The number of benzene rings is 1. The molecule has 112 valence electrons. The Hall–Kier alpha value is -1.69. The van der Waals surface area contributed by atoms with E-state index in [1.807, 2.05) is 20.8 Å². The molecule has 0 saturated heterocycles. The molecular formula is C14H19F2NO3. The highest BCUT2D eigenvalue weighted by Gasteiger charge is 2.21. The van der Waals surface area contributed by atoms with Gasteiger partial charge in [-0.1, -0.05) is 0 Å². The molecule has 0 heterocycles. The Bertz CT molecular complexity index is 490. The predicted octanol–water partition coefficient (Wildman–Crippen LogP) is 2.98. The molecule has 20 heavy (non-hydrogen) atoms. The van der Waals surface area contributed by atoms with Crippen LogP contribution in [0.15, 0.2) is 12.1 Å². The van der Waals surface area contributed by atoms with Gasteiger partial charge < -0.3 is 14.8 Å². The van der Waals surface area contributed by atoms with Crippen molar-refractivity contribution < 1.29 is 23.0 Å². The Morgan fingerprint density at radius 2 is 1.95 bits per heavy atom. The van der Waals surface area contributed by atoms with Gasteiger partial charge in [0.05, 0.1) is 24.0 Å². The van der Waals surface area contributed by atoms with E-state index in [1.165, 1.54) is 12.1 Å². The maximum atomic E-state index is 13.8. The summed E-state index contributed by atoms with van der Waals surface area (Å²) in [7, 11) is 1.11. The van der Waals surface area contributed by atoms with Gasteiger partial charge in [-0.25, -0.2) is 13.6 Å². The zero-order chi connectivity index (χ0) is 15.3. The van der Waals surface area contributed by atoms with Crippen molar-refractivity contribution in [2.75, 3.05) is 25.6 Å². The molecule has 1 N–H and O–H groups in total. The quantitative estimate of drug-likeness (QED) is 0.817. The van der Waals surface area contributed by atoms with Crippen molar-refractivity contribution in [1.82, 2.24) is 0 Å². The minimum atomic E-state index is -1.23. The van der Waals surface area contributed by atoms with Crippen LogP contribution in [0.2, 0.25) is 0 Å². The molecule has 6 heteroatoms. The molecule has 0 aromatic heterocycles. The summed E-state index contributed by atoms with van der Waals surface area (Å²) in [6.07, 6.45) is 0. The number of carbonyl (C=O) groups excluding carboxylic acids is 1. The highest BCUT2D eigenvalue weighted by molar-refractivity contribution is 5.90. The summed E-state index contributed by atoms with van der Waals surface area (Å²) in [4.78, 5) is 11.2. The Kier molecular flexibility index (Phi) is 5.44. The third-order valence-electron chi connectivity index (χ3n) is 2.73. The van der Waals surface area contributed by atoms with E-state index >= 15 is 0 Å². The van der Waals surface area contributed by atoms with Crippen LogP contribution in [0, 0.1) is 11.6 Å². The molecule has 0 aliphatic rings. The highest BCUT2D eigenvalue weighted by Crippen LogP contribution is 2.22. The summed E-state index contributed by atoms with van der Waals surface area (Å²) in [6.45, 7) is 6.34. The van der Waals surface area contributed by atoms with E-state index in [2.05, 4.69) is 10.1 Å². The number of hydrogen-bond acceptors (Lipinski definition) is 4. The van der Waals surface area contributed by atoms with Crippen LogP contribution in [0.25, 0.3) is 0 Å². The van der Waals surface area contributed by atoms with Gasteiger partial charge in [-0.2, -0.15) is 0 Å². The first-order valence-corrected chi connectivity index (χ1v) is 6.26. The molecule has 0 unspecified atom stereocenters. The summed E-state index contributed by atoms with van der Waals surface area (Å²) in [5.74, 6) is -3.25. The molecule has 1 rings (SSSR count). The third-order valence-corrected chi connectivity index (χ3v) is 2.73. The Labute approximate surface area is 117 Å². The first-order valence-electron chi connectivity index (χ1n) is 6.26. The number of halogens is 2. The monoisotopic (exact) mass is 287 g/mol. The van der Waals surface area contributed by atoms with Gasteiger partial charge in [0.15, 0.2) is 11.6 Å². The largest absolute Gasteiger partial charge is 0.465 e. The lowest BCUT2D eigenvalue weighted by Gasteiger charge is -2.25. The number of hydrogen-bond donors (Lipinski definition) is 1. The summed E-state index contributed by atoms with van der Waals surface area (Å²) >= 11 is 0. The lowest BCUT2D eigenvalue weighted by Crippen LogP contribution is -2.33. The van der Waals surface area contributed by atoms with Crippen LogP contribution < -0.4 is 5.32 Å². The summed E-state index contributed by atoms with van der Waals surface area (Å²) < 4.78 is 37.4. The molecule has 1 aromatic rings. The second kappa shape index (κ2) is 6.65. The van der Waals surface area contributed by atoms with E-state index in [1.54, 1.807) is 0 Å². The van der Waals surface area contributed by atoms with Gasteiger partial charge in [0, 0.05) is 13.2 Å². The fraction of sp³-hybridized carbons (Fsp3) is 0.500. The summed E-state index contributed by atoms with van der Waals surface area (Å²) in [6, 6.07) is 2.48. The maximum absolute atomic E-state index is 13.8. The predicted molar refractivity (Wildman–Crippen MR) is 71.9 cm³/mol. The van der Waals surface area contributed by atoms with Crippen molar-refractivity contribution in [3.8, 4) is 0 Å². The molecule has 1 aromatic carbocycles. The van der Waals surface area contributed by atoms with Gasteiger partial charge in [-0.3, -0.25) is 0 Å². The van der Waals surface area contributed by atoms with Crippen LogP contribution in [-0.4, -0.2) is 31.8 Å². The van der Waals surface area contributed by atoms with Crippen LogP contribution >= 0.6 is 0 Å². The van der Waals surface area contributed by atoms with E-state index in [-0.39, 0.29) is 5.69 Å². The summed E-state index contributed by atoms with van der Waals surface area (Å²) in [5.41, 5.74) is -0.971. The van der Waals surface area contributed by atoms with Gasteiger partial charge in [-0.15, -0.1) is 0 Å². The molecule has 0 spiro atoms. The SMILES string of the molecule is CCOC(C)(C)CNc1ccc(C(=O)OC)c(F)c1F. The zero-order valence-corrected chi connectivity index (χ0v) is 12.0. The molecule has 0 aliphatic heterocycles. The minimum absolute atomic E-state index is 0.0251. The van der Waals surface area contributed by atoms with Crippen LogP contribution in [-0.2, 0) is 9.47 Å². The van der Waals surface area contributed by atoms with Crippen molar-refractivity contribution >= 4 is 11.7 Å². The number of esters is 1. The maximum Gasteiger partial charge on any atom is 0.340 e. The standard InChI is InChI=1S/C14H19F2NO3/c1-5-20-14(2,3)8-17-10-7-6-9(13(18)19-4)11(15)12(10)16/h6-7,17H,5,8H2,1-4H3. The number of carbonyl (C=O) groups is 1. The molecule has 0 fully saturated rings. The van der Waals surface area contributed by atoms with Gasteiger partial charge in [-0.05, 0) is 32.9 Å². The Morgan fingerprint density at radius 3 is 2.50 bits per heavy atom. The van der Waals surface area contributed by atoms with Crippen molar-refractivity contribution in [3.63, 3.8) is 0 Å². The lowest BCUT2D eigenvalue weighted by molar-refractivity contribution is 0.000642. The molecule has 0 bridgehead atoms. The average Bonchev–Trinajstić information content (AvgIpc) is 2.39. The number of rotatable bonds is 6. The van der Waals surface area contributed by atoms with Crippen molar-refractivity contribution in [2.45, 2.75) is 26.4 Å². The molecular weight excluding hydrogens is 268 g/mol. The third kappa shape index (κ3) is 3.90. The fourth-order valence-corrected chi connectivity index (χ4v) is 1.70. The van der Waals surface area contributed by atoms with Crippen LogP contribution in [0.5, 0.6) is 0 Å². The molecule has 0 saturated carbocycles. The Balaban J connectivity index is 2.88. The zero-order valence-electron chi connectivity index (χ0n) is 12.0. The van der Waals surface area contributed by atoms with Crippen molar-refractivity contribution in [3.05, 3.63) is 29.3 Å². The fourth-order valence-electron chi connectivity index (χ4n) is 1.70. The number of methoxy groups -OCH3 is 1. The normalized spacial score (nSPS) is 11.3. The lowest BCUT2D eigenvalue weighted by atomic mass is 10.1. The molecule has 0 radical (unpaired) electrons. The molecule has 0 amide bonds. The van der Waals surface area contributed by atoms with Gasteiger partial charge in [0.25, 0.3) is 0 Å². The molecule has 4 nitrogen and oxygen atoms in total. The average molecular weight is 287 g/mol. The first-order chi connectivity index (χ1) is 9.32. The van der Waals surface area contributed by atoms with Gasteiger partial charge in [0.2, 0.25) is 0 Å². The van der Waals surface area contributed by atoms with Crippen LogP contribution in [0.1, 0.15) is 31.1 Å². The smallest absolute Gasteiger partial charge is 0.340 e. The van der Waals surface area contributed by atoms with E-state index in [0.29, 0.717) is 13.2 Å². The second-order valence-corrected chi connectivity index (χ2v) is 4.83. The topological polar surface area (TPSA) is 47.6 Å². The van der Waals surface area contributed by atoms with Crippen molar-refractivity contribution in [2.24, 2.45) is 0 Å². The van der Waals surface area contributed by atoms with Crippen molar-refractivity contribution in [1.29, 1.82) is 0 Å². The van der Waals surface area contributed by atoms with E-state index < -0.39 is 28.8 Å². The van der Waals surface area contributed by atoms with Crippen LogP contribution in [0.3, 0.4) is 0 Å². The number of anilines is 1. The second-order valence-electron chi connectivity index (χ2n) is 4.83. The molecule has 0 aliphatic carbocycles. The van der Waals surface area contributed by atoms with E-state index in [0.717, 1.165) is 7.11 Å². The van der Waals surface area contributed by atoms with E-state index in [4.69, 9.17) is 4.74 Å². The highest BCUT2D eigenvalue weighted by atomic mass is 19.2. The van der Waals surface area contributed by atoms with Gasteiger partial charge in [0.1, 0.15) is 0 Å². The number of ether oxygens (including phenoxy) is 2. The van der Waals surface area contributed by atoms with Gasteiger partial charge >= 0.3 is 5.97 Å². The minimum Gasteiger partial charge on any atom is -0.465 e. The van der Waals surface area contributed by atoms with E-state index in [9.17, 15) is 13.6 Å². The molecule has 0 atom stereocenters.